The highest BCUT2D eigenvalue weighted by Gasteiger charge is 2.45. The number of nitrogens with one attached hydrogen (secondary N) is 1. The number of hydrogen-bond donors (Lipinski definition) is 1. The maximum absolute atomic E-state index is 15.3. The Kier molecular flexibility index (Phi) is 5.48. The van der Waals surface area contributed by atoms with Gasteiger partial charge in [-0.3, -0.25) is 14.5 Å². The van der Waals surface area contributed by atoms with E-state index in [0.29, 0.717) is 16.9 Å². The van der Waals surface area contributed by atoms with Gasteiger partial charge < -0.3 is 15.1 Å². The van der Waals surface area contributed by atoms with Gasteiger partial charge in [0.1, 0.15) is 0 Å². The minimum Gasteiger partial charge on any atom is -0.366 e. The van der Waals surface area contributed by atoms with Crippen molar-refractivity contribution in [2.24, 2.45) is 13.0 Å². The molecule has 1 saturated carbocycles. The van der Waals surface area contributed by atoms with Gasteiger partial charge in [-0.2, -0.15) is 5.10 Å². The number of nitrogens with zero attached hydrogens (tertiary/aromatic N) is 7. The van der Waals surface area contributed by atoms with Crippen molar-refractivity contribution in [2.75, 3.05) is 43.4 Å². The predicted molar refractivity (Wildman–Crippen MR) is 136 cm³/mol. The van der Waals surface area contributed by atoms with Crippen LogP contribution in [0.2, 0.25) is 0 Å². The van der Waals surface area contributed by atoms with Crippen LogP contribution in [0.15, 0.2) is 42.9 Å². The molecular weight excluding hydrogens is 459 g/mol. The Hall–Kier alpha value is -3.79. The highest BCUT2D eigenvalue weighted by molar-refractivity contribution is 5.95. The molecule has 10 heteroatoms. The number of rotatable bonds is 5. The van der Waals surface area contributed by atoms with Gasteiger partial charge in [-0.15, -0.1) is 5.10 Å². The third kappa shape index (κ3) is 4.11. The Morgan fingerprint density at radius 3 is 2.67 bits per heavy atom. The van der Waals surface area contributed by atoms with Gasteiger partial charge in [0.05, 0.1) is 29.3 Å². The van der Waals surface area contributed by atoms with Gasteiger partial charge in [0.15, 0.2) is 11.6 Å². The molecule has 0 aromatic carbocycles. The van der Waals surface area contributed by atoms with Crippen molar-refractivity contribution >= 4 is 22.9 Å². The summed E-state index contributed by atoms with van der Waals surface area (Å²) in [5, 5.41) is 11.7. The van der Waals surface area contributed by atoms with Crippen molar-refractivity contribution in [1.82, 2.24) is 29.3 Å². The van der Waals surface area contributed by atoms with E-state index in [1.54, 1.807) is 23.0 Å². The molecule has 1 aliphatic carbocycles. The number of aromatic nitrogens is 5. The van der Waals surface area contributed by atoms with Crippen LogP contribution >= 0.6 is 0 Å². The second-order valence-electron chi connectivity index (χ2n) is 9.92. The van der Waals surface area contributed by atoms with Crippen molar-refractivity contribution in [3.8, 4) is 11.3 Å². The summed E-state index contributed by atoms with van der Waals surface area (Å²) in [5.74, 6) is -0.0728. The summed E-state index contributed by atoms with van der Waals surface area (Å²) in [4.78, 5) is 21.8. The second-order valence-corrected chi connectivity index (χ2v) is 9.92. The van der Waals surface area contributed by atoms with E-state index in [1.165, 1.54) is 10.7 Å². The summed E-state index contributed by atoms with van der Waals surface area (Å²) in [7, 11) is 3.93. The molecule has 2 fully saturated rings. The number of aryl methyl sites for hydroxylation is 2. The summed E-state index contributed by atoms with van der Waals surface area (Å²) >= 11 is 0. The van der Waals surface area contributed by atoms with Crippen LogP contribution in [0.25, 0.3) is 16.8 Å². The minimum atomic E-state index is -0.393. The lowest BCUT2D eigenvalue weighted by molar-refractivity contribution is -0.117. The van der Waals surface area contributed by atoms with Crippen molar-refractivity contribution < 1.29 is 9.18 Å². The van der Waals surface area contributed by atoms with Gasteiger partial charge in [0.2, 0.25) is 5.91 Å². The molecule has 1 aliphatic heterocycles. The average Bonchev–Trinajstić information content (AvgIpc) is 3.44. The van der Waals surface area contributed by atoms with E-state index < -0.39 is 5.82 Å². The fourth-order valence-electron chi connectivity index (χ4n) is 5.00. The van der Waals surface area contributed by atoms with E-state index in [4.69, 9.17) is 0 Å². The first kappa shape index (κ1) is 22.7. The van der Waals surface area contributed by atoms with Crippen molar-refractivity contribution in [3.63, 3.8) is 0 Å². The third-order valence-corrected chi connectivity index (χ3v) is 7.26. The Morgan fingerprint density at radius 2 is 1.92 bits per heavy atom. The molecule has 0 bridgehead atoms. The standard InChI is InChI=1S/C26H29FN8O/c1-16-4-5-22(28-13-16)18-12-19(18)26(36)30-24-11-17-10-20(21(27)15-35(17)31-24)25-23(14-29-33(25)3)34-8-6-32(2)7-9-34/h4-5,10-11,13-15,18-19H,6-9,12H2,1-3H3,(H,30,31,36)/t18-,19+/m1/s1. The van der Waals surface area contributed by atoms with Gasteiger partial charge in [0.25, 0.3) is 0 Å². The highest BCUT2D eigenvalue weighted by atomic mass is 19.1. The fraction of sp³-hybridized carbons (Fsp3) is 0.385. The Balaban J connectivity index is 1.23. The molecule has 1 amide bonds. The smallest absolute Gasteiger partial charge is 0.229 e. The van der Waals surface area contributed by atoms with Crippen LogP contribution in [-0.2, 0) is 11.8 Å². The number of fused-ring (bicyclic) bond motifs is 1. The van der Waals surface area contributed by atoms with Crippen LogP contribution in [0.1, 0.15) is 23.6 Å². The number of pyridine rings is 2. The molecule has 1 saturated heterocycles. The number of carbonyl (C=O) groups excluding carboxylic acids is 1. The highest BCUT2D eigenvalue weighted by Crippen LogP contribution is 2.47. The van der Waals surface area contributed by atoms with E-state index in [2.05, 4.69) is 37.3 Å². The molecule has 9 nitrogen and oxygen atoms in total. The quantitative estimate of drug-likeness (QED) is 0.465. The molecule has 4 aromatic heterocycles. The van der Waals surface area contributed by atoms with Crippen molar-refractivity contribution in [1.29, 1.82) is 0 Å². The largest absolute Gasteiger partial charge is 0.366 e. The zero-order valence-electron chi connectivity index (χ0n) is 20.6. The first-order valence-electron chi connectivity index (χ1n) is 12.3. The first-order chi connectivity index (χ1) is 17.4. The van der Waals surface area contributed by atoms with E-state index in [1.807, 2.05) is 32.3 Å². The average molecular weight is 489 g/mol. The molecule has 186 valence electrons. The molecule has 1 N–H and O–H groups in total. The SMILES string of the molecule is Cc1ccc([C@@H]2C[C@@H]2C(=O)Nc2cc3cc(-c4c(N5CCN(C)CC5)cnn4C)c(F)cn3n2)nc1. The first-order valence-corrected chi connectivity index (χ1v) is 12.3. The normalized spacial score (nSPS) is 20.2. The van der Waals surface area contributed by atoms with Crippen molar-refractivity contribution in [2.45, 2.75) is 19.3 Å². The molecule has 6 rings (SSSR count). The molecule has 4 aromatic rings. The summed E-state index contributed by atoms with van der Waals surface area (Å²) in [6.45, 7) is 5.62. The van der Waals surface area contributed by atoms with E-state index in [-0.39, 0.29) is 17.7 Å². The van der Waals surface area contributed by atoms with Gasteiger partial charge in [-0.1, -0.05) is 6.07 Å². The molecule has 2 atom stereocenters. The second kappa shape index (κ2) is 8.70. The third-order valence-electron chi connectivity index (χ3n) is 7.26. The minimum absolute atomic E-state index is 0.0875. The summed E-state index contributed by atoms with van der Waals surface area (Å²) in [6, 6.07) is 7.54. The molecular formula is C26H29FN8O. The van der Waals surface area contributed by atoms with Crippen LogP contribution in [0.5, 0.6) is 0 Å². The topological polar surface area (TPSA) is 83.6 Å². The molecule has 5 heterocycles. The van der Waals surface area contributed by atoms with Gasteiger partial charge >= 0.3 is 0 Å². The van der Waals surface area contributed by atoms with E-state index in [0.717, 1.165) is 55.2 Å². The van der Waals surface area contributed by atoms with Gasteiger partial charge in [0, 0.05) is 68.6 Å². The van der Waals surface area contributed by atoms with Crippen LogP contribution < -0.4 is 10.2 Å². The molecule has 36 heavy (non-hydrogen) atoms. The zero-order chi connectivity index (χ0) is 25.0. The Morgan fingerprint density at radius 1 is 1.11 bits per heavy atom. The lowest BCUT2D eigenvalue weighted by Crippen LogP contribution is -2.44. The number of piperazine rings is 1. The number of anilines is 2. The molecule has 0 radical (unpaired) electrons. The number of likely N-dealkylation sites (N-methyl/N-ethyl adjacent to an activating group) is 1. The summed E-state index contributed by atoms with van der Waals surface area (Å²) in [6.07, 6.45) is 5.76. The van der Waals surface area contributed by atoms with Crippen LogP contribution in [0, 0.1) is 18.7 Å². The number of amides is 1. The molecule has 2 aliphatic rings. The summed E-state index contributed by atoms with van der Waals surface area (Å²) in [5.41, 5.74) is 4.85. The Bertz CT molecular complexity index is 1430. The number of halogens is 1. The maximum atomic E-state index is 15.3. The van der Waals surface area contributed by atoms with E-state index >= 15 is 4.39 Å². The Labute approximate surface area is 208 Å². The van der Waals surface area contributed by atoms with Crippen LogP contribution in [0.3, 0.4) is 0 Å². The van der Waals surface area contributed by atoms with Crippen molar-refractivity contribution in [3.05, 3.63) is 59.9 Å². The lowest BCUT2D eigenvalue weighted by atomic mass is 10.1. The zero-order valence-corrected chi connectivity index (χ0v) is 20.6. The monoisotopic (exact) mass is 488 g/mol. The molecule has 0 unspecified atom stereocenters. The summed E-state index contributed by atoms with van der Waals surface area (Å²) < 4.78 is 18.5. The number of carbonyl (C=O) groups is 1. The predicted octanol–water partition coefficient (Wildman–Crippen LogP) is 3.07. The fourth-order valence-corrected chi connectivity index (χ4v) is 5.00. The van der Waals surface area contributed by atoms with E-state index in [9.17, 15) is 4.79 Å². The van der Waals surface area contributed by atoms with Crippen LogP contribution in [0.4, 0.5) is 15.9 Å². The van der Waals surface area contributed by atoms with Gasteiger partial charge in [-0.25, -0.2) is 8.91 Å². The molecule has 0 spiro atoms. The van der Waals surface area contributed by atoms with Crippen LogP contribution in [-0.4, -0.2) is 68.4 Å². The van der Waals surface area contributed by atoms with Gasteiger partial charge in [-0.05, 0) is 38.1 Å². The maximum Gasteiger partial charge on any atom is 0.229 e. The lowest BCUT2D eigenvalue weighted by Gasteiger charge is -2.33. The number of hydrogen-bond acceptors (Lipinski definition) is 6.